The van der Waals surface area contributed by atoms with Crippen molar-refractivity contribution in [1.29, 1.82) is 0 Å². The van der Waals surface area contributed by atoms with Crippen LogP contribution in [0.15, 0.2) is 64.8 Å². The second kappa shape index (κ2) is 4.46. The molecule has 0 atom stereocenters. The van der Waals surface area contributed by atoms with Crippen LogP contribution in [-0.4, -0.2) is 8.58 Å². The number of rotatable bonds is 1. The maximum absolute atomic E-state index is 2.39. The third-order valence-electron chi connectivity index (χ3n) is 3.43. The largest absolute Gasteiger partial charge is 0.309 e. The Hall–Kier alpha value is -1.68. The van der Waals surface area contributed by atoms with E-state index in [1.807, 2.05) is 0 Å². The lowest BCUT2D eigenvalue weighted by Gasteiger charge is -2.09. The number of allylic oxidation sites excluding steroid dienone is 3. The first-order valence-corrected chi connectivity index (χ1v) is 8.75. The predicted octanol–water partition coefficient (Wildman–Crippen LogP) is 4.94. The average Bonchev–Trinajstić information content (AvgIpc) is 2.83. The van der Waals surface area contributed by atoms with Crippen LogP contribution < -0.4 is 0 Å². The van der Waals surface area contributed by atoms with E-state index in [0.717, 1.165) is 0 Å². The van der Waals surface area contributed by atoms with Crippen molar-refractivity contribution in [3.8, 4) is 0 Å². The minimum atomic E-state index is 0.0601. The summed E-state index contributed by atoms with van der Waals surface area (Å²) in [5.41, 5.74) is 3.91. The van der Waals surface area contributed by atoms with Crippen molar-refractivity contribution in [3.63, 3.8) is 0 Å². The summed E-state index contributed by atoms with van der Waals surface area (Å²) in [7, 11) is 0. The SMILES string of the molecule is C1=CC(n2c3ccccc3c3ccccc32)=CI=C1. The summed E-state index contributed by atoms with van der Waals surface area (Å²) in [6.45, 7) is 0. The highest BCUT2D eigenvalue weighted by Crippen LogP contribution is 2.32. The molecular formula is C17H12IN. The van der Waals surface area contributed by atoms with Crippen LogP contribution in [0.3, 0.4) is 0 Å². The van der Waals surface area contributed by atoms with Gasteiger partial charge < -0.3 is 4.57 Å². The van der Waals surface area contributed by atoms with Crippen LogP contribution in [0.1, 0.15) is 0 Å². The van der Waals surface area contributed by atoms with Crippen molar-refractivity contribution in [3.05, 3.63) is 64.8 Å². The number of para-hydroxylation sites is 2. The molecule has 0 spiro atoms. The molecule has 92 valence electrons. The number of nitrogens with zero attached hydrogens (tertiary/aromatic N) is 1. The lowest BCUT2D eigenvalue weighted by Crippen LogP contribution is -1.94. The third-order valence-corrected chi connectivity index (χ3v) is 5.25. The third kappa shape index (κ3) is 1.70. The van der Waals surface area contributed by atoms with Crippen LogP contribution in [0.25, 0.3) is 27.5 Å². The number of hydrogen-bond donors (Lipinski definition) is 0. The van der Waals surface area contributed by atoms with E-state index < -0.39 is 0 Å². The Kier molecular flexibility index (Phi) is 2.62. The van der Waals surface area contributed by atoms with Gasteiger partial charge in [0.25, 0.3) is 0 Å². The highest BCUT2D eigenvalue weighted by molar-refractivity contribution is 14.2. The van der Waals surface area contributed by atoms with Gasteiger partial charge in [0.15, 0.2) is 0 Å². The van der Waals surface area contributed by atoms with Gasteiger partial charge in [-0.3, -0.25) is 0 Å². The summed E-state index contributed by atoms with van der Waals surface area (Å²) < 4.78 is 7.06. The monoisotopic (exact) mass is 357 g/mol. The van der Waals surface area contributed by atoms with Crippen molar-refractivity contribution in [1.82, 2.24) is 4.57 Å². The zero-order valence-corrected chi connectivity index (χ0v) is 12.4. The average molecular weight is 357 g/mol. The van der Waals surface area contributed by atoms with Crippen molar-refractivity contribution < 1.29 is 0 Å². The highest BCUT2D eigenvalue weighted by Gasteiger charge is 2.11. The topological polar surface area (TPSA) is 4.93 Å². The number of halogens is 1. The summed E-state index contributed by atoms with van der Waals surface area (Å²) in [6.07, 6.45) is 4.40. The molecule has 0 N–H and O–H groups in total. The van der Waals surface area contributed by atoms with Crippen LogP contribution in [0.2, 0.25) is 0 Å². The smallest absolute Gasteiger partial charge is 0.0541 e. The molecule has 1 aliphatic heterocycles. The predicted molar refractivity (Wildman–Crippen MR) is 92.9 cm³/mol. The highest BCUT2D eigenvalue weighted by atomic mass is 127. The quantitative estimate of drug-likeness (QED) is 0.544. The van der Waals surface area contributed by atoms with Gasteiger partial charge in [0.05, 0.1) is 16.7 Å². The van der Waals surface area contributed by atoms with Crippen molar-refractivity contribution in [2.75, 3.05) is 0 Å². The fourth-order valence-electron chi connectivity index (χ4n) is 2.64. The molecule has 1 aromatic heterocycles. The van der Waals surface area contributed by atoms with Gasteiger partial charge in [0, 0.05) is 10.8 Å². The van der Waals surface area contributed by atoms with Gasteiger partial charge in [0.2, 0.25) is 0 Å². The molecule has 4 rings (SSSR count). The summed E-state index contributed by atoms with van der Waals surface area (Å²) in [5, 5.41) is 2.67. The van der Waals surface area contributed by atoms with Gasteiger partial charge in [0.1, 0.15) is 0 Å². The van der Waals surface area contributed by atoms with Crippen LogP contribution in [0.4, 0.5) is 0 Å². The minimum Gasteiger partial charge on any atom is -0.309 e. The first-order valence-electron chi connectivity index (χ1n) is 6.26. The minimum absolute atomic E-state index is 0.0601. The Morgan fingerprint density at radius 2 is 1.42 bits per heavy atom. The van der Waals surface area contributed by atoms with Crippen LogP contribution in [-0.2, 0) is 0 Å². The molecule has 3 aromatic rings. The fourth-order valence-corrected chi connectivity index (χ4v) is 4.15. The van der Waals surface area contributed by atoms with Gasteiger partial charge in [-0.15, -0.1) is 0 Å². The van der Waals surface area contributed by atoms with E-state index in [-0.39, 0.29) is 20.7 Å². The summed E-state index contributed by atoms with van der Waals surface area (Å²) in [6, 6.07) is 17.3. The molecule has 0 aliphatic carbocycles. The molecular weight excluding hydrogens is 345 g/mol. The molecule has 0 amide bonds. The van der Waals surface area contributed by atoms with E-state index in [1.165, 1.54) is 27.5 Å². The zero-order chi connectivity index (χ0) is 12.7. The Balaban J connectivity index is 2.20. The van der Waals surface area contributed by atoms with Gasteiger partial charge >= 0.3 is 0 Å². The second-order valence-corrected chi connectivity index (χ2v) is 6.58. The molecule has 0 unspecified atom stereocenters. The van der Waals surface area contributed by atoms with Gasteiger partial charge in [-0.05, 0) is 26.3 Å². The molecule has 0 saturated carbocycles. The maximum Gasteiger partial charge on any atom is 0.0541 e. The van der Waals surface area contributed by atoms with E-state index in [0.29, 0.717) is 0 Å². The van der Waals surface area contributed by atoms with E-state index >= 15 is 0 Å². The lowest BCUT2D eigenvalue weighted by atomic mass is 10.2. The molecule has 0 bridgehead atoms. The normalized spacial score (nSPS) is 14.6. The van der Waals surface area contributed by atoms with E-state index in [1.54, 1.807) is 0 Å². The van der Waals surface area contributed by atoms with Crippen LogP contribution in [0.5, 0.6) is 0 Å². The molecule has 2 heterocycles. The Morgan fingerprint density at radius 3 is 2.00 bits per heavy atom. The number of hydrogen-bond acceptors (Lipinski definition) is 0. The van der Waals surface area contributed by atoms with Crippen LogP contribution >= 0.6 is 20.7 Å². The molecule has 19 heavy (non-hydrogen) atoms. The second-order valence-electron chi connectivity index (χ2n) is 4.51. The lowest BCUT2D eigenvalue weighted by molar-refractivity contribution is 1.24. The molecule has 0 saturated heterocycles. The van der Waals surface area contributed by atoms with Crippen LogP contribution in [0, 0.1) is 0 Å². The first-order chi connectivity index (χ1) is 9.45. The maximum atomic E-state index is 2.39. The zero-order valence-electron chi connectivity index (χ0n) is 10.3. The standard InChI is InChI=1S/C17H12IN/c1-3-9-16-14(7-1)15-8-2-4-10-17(15)19(16)13-6-5-11-18-12-13/h1-12H. The fraction of sp³-hybridized carbons (Fsp3) is 0. The Morgan fingerprint density at radius 1 is 0.789 bits per heavy atom. The Bertz CT molecular complexity index is 812. The summed E-state index contributed by atoms with van der Waals surface area (Å²) >= 11 is 0.0601. The molecule has 2 aromatic carbocycles. The Labute approximate surface area is 121 Å². The molecule has 1 aliphatic rings. The van der Waals surface area contributed by atoms with Gasteiger partial charge in [-0.2, -0.15) is 0 Å². The molecule has 1 nitrogen and oxygen atoms in total. The van der Waals surface area contributed by atoms with E-state index in [9.17, 15) is 0 Å². The number of fused-ring (bicyclic) bond motifs is 3. The van der Waals surface area contributed by atoms with E-state index in [2.05, 4.69) is 73.3 Å². The van der Waals surface area contributed by atoms with Crippen molar-refractivity contribution in [2.24, 2.45) is 0 Å². The van der Waals surface area contributed by atoms with Gasteiger partial charge in [-0.25, -0.2) is 0 Å². The molecule has 0 radical (unpaired) electrons. The van der Waals surface area contributed by atoms with Crippen molar-refractivity contribution >= 4 is 52.2 Å². The van der Waals surface area contributed by atoms with Crippen molar-refractivity contribution in [2.45, 2.75) is 0 Å². The van der Waals surface area contributed by atoms with Gasteiger partial charge in [-0.1, -0.05) is 63.2 Å². The number of benzene rings is 2. The molecule has 0 fully saturated rings. The first kappa shape index (κ1) is 11.2. The summed E-state index contributed by atoms with van der Waals surface area (Å²) in [4.78, 5) is 0. The molecule has 2 heteroatoms. The summed E-state index contributed by atoms with van der Waals surface area (Å²) in [5.74, 6) is 0. The number of aromatic nitrogens is 1. The van der Waals surface area contributed by atoms with E-state index in [4.69, 9.17) is 0 Å².